The summed E-state index contributed by atoms with van der Waals surface area (Å²) in [7, 11) is 1.34. The second-order valence-corrected chi connectivity index (χ2v) is 4.41. The van der Waals surface area contributed by atoms with E-state index in [9.17, 15) is 4.79 Å². The van der Waals surface area contributed by atoms with Crippen LogP contribution in [0.4, 0.5) is 0 Å². The molecule has 1 heterocycles. The molecular formula is C11H9IN2O2. The van der Waals surface area contributed by atoms with Gasteiger partial charge in [0, 0.05) is 9.13 Å². The third-order valence-corrected chi connectivity index (χ3v) is 2.84. The number of methoxy groups -OCH3 is 1. The molecule has 2 aromatic rings. The number of carbonyl (C=O) groups is 1. The van der Waals surface area contributed by atoms with Gasteiger partial charge in [0.05, 0.1) is 12.8 Å². The first-order valence-corrected chi connectivity index (χ1v) is 5.68. The minimum atomic E-state index is -0.413. The van der Waals surface area contributed by atoms with Gasteiger partial charge in [0.15, 0.2) is 0 Å². The van der Waals surface area contributed by atoms with Gasteiger partial charge < -0.3 is 4.74 Å². The molecule has 2 rings (SSSR count). The van der Waals surface area contributed by atoms with Crippen LogP contribution in [-0.2, 0) is 4.74 Å². The highest BCUT2D eigenvalue weighted by Crippen LogP contribution is 2.19. The number of carbonyl (C=O) groups excluding carboxylic acids is 1. The maximum absolute atomic E-state index is 11.2. The lowest BCUT2D eigenvalue weighted by Gasteiger charge is -1.95. The zero-order valence-electron chi connectivity index (χ0n) is 8.53. The Balaban J connectivity index is 2.31. The molecule has 0 aliphatic carbocycles. The van der Waals surface area contributed by atoms with E-state index in [4.69, 9.17) is 0 Å². The van der Waals surface area contributed by atoms with E-state index in [1.807, 2.05) is 24.3 Å². The van der Waals surface area contributed by atoms with Crippen LogP contribution in [0.5, 0.6) is 0 Å². The molecule has 0 saturated heterocycles. The Bertz CT molecular complexity index is 505. The second kappa shape index (κ2) is 4.65. The maximum Gasteiger partial charge on any atom is 0.356 e. The number of H-pyrrole nitrogens is 1. The Morgan fingerprint density at radius 1 is 1.38 bits per heavy atom. The Hall–Kier alpha value is -1.37. The largest absolute Gasteiger partial charge is 0.464 e. The van der Waals surface area contributed by atoms with Gasteiger partial charge in [0.25, 0.3) is 0 Å². The van der Waals surface area contributed by atoms with Crippen LogP contribution in [0.1, 0.15) is 10.5 Å². The molecule has 0 bridgehead atoms. The van der Waals surface area contributed by atoms with Crippen molar-refractivity contribution in [2.45, 2.75) is 0 Å². The molecule has 1 N–H and O–H groups in total. The third kappa shape index (κ3) is 2.24. The van der Waals surface area contributed by atoms with Gasteiger partial charge in [-0.25, -0.2) is 4.79 Å². The van der Waals surface area contributed by atoms with Crippen LogP contribution in [0.25, 0.3) is 11.3 Å². The van der Waals surface area contributed by atoms with Crippen LogP contribution in [0.15, 0.2) is 30.3 Å². The van der Waals surface area contributed by atoms with Crippen molar-refractivity contribution in [2.24, 2.45) is 0 Å². The predicted octanol–water partition coefficient (Wildman–Crippen LogP) is 2.47. The summed E-state index contributed by atoms with van der Waals surface area (Å²) in [6.07, 6.45) is 0. The smallest absolute Gasteiger partial charge is 0.356 e. The summed E-state index contributed by atoms with van der Waals surface area (Å²) in [5.41, 5.74) is 2.06. The van der Waals surface area contributed by atoms with Crippen molar-refractivity contribution in [3.8, 4) is 11.3 Å². The number of nitrogens with one attached hydrogen (secondary N) is 1. The lowest BCUT2D eigenvalue weighted by atomic mass is 10.1. The van der Waals surface area contributed by atoms with E-state index in [2.05, 4.69) is 37.5 Å². The van der Waals surface area contributed by atoms with Crippen molar-refractivity contribution >= 4 is 28.6 Å². The Kier molecular flexibility index (Phi) is 3.23. The number of hydrogen-bond acceptors (Lipinski definition) is 3. The summed E-state index contributed by atoms with van der Waals surface area (Å²) in [6.45, 7) is 0. The van der Waals surface area contributed by atoms with E-state index in [0.29, 0.717) is 5.69 Å². The number of hydrogen-bond donors (Lipinski definition) is 1. The van der Waals surface area contributed by atoms with Crippen molar-refractivity contribution in [3.63, 3.8) is 0 Å². The number of rotatable bonds is 2. The molecule has 16 heavy (non-hydrogen) atoms. The molecule has 0 saturated carbocycles. The van der Waals surface area contributed by atoms with Crippen molar-refractivity contribution < 1.29 is 9.53 Å². The lowest BCUT2D eigenvalue weighted by molar-refractivity contribution is 0.0594. The van der Waals surface area contributed by atoms with Crippen LogP contribution < -0.4 is 0 Å². The Morgan fingerprint density at radius 3 is 2.69 bits per heavy atom. The minimum absolute atomic E-state index is 0.357. The Morgan fingerprint density at radius 2 is 2.06 bits per heavy atom. The molecule has 0 fully saturated rings. The second-order valence-electron chi connectivity index (χ2n) is 3.17. The highest BCUT2D eigenvalue weighted by atomic mass is 127. The molecule has 4 nitrogen and oxygen atoms in total. The first-order valence-electron chi connectivity index (χ1n) is 4.60. The van der Waals surface area contributed by atoms with Crippen molar-refractivity contribution in [2.75, 3.05) is 7.11 Å². The zero-order chi connectivity index (χ0) is 11.5. The van der Waals surface area contributed by atoms with Gasteiger partial charge in [-0.15, -0.1) is 0 Å². The molecule has 1 aromatic heterocycles. The zero-order valence-corrected chi connectivity index (χ0v) is 10.7. The van der Waals surface area contributed by atoms with Crippen molar-refractivity contribution in [3.05, 3.63) is 39.6 Å². The fraction of sp³-hybridized carbons (Fsp3) is 0.0909. The van der Waals surface area contributed by atoms with E-state index in [0.717, 1.165) is 14.8 Å². The standard InChI is InChI=1S/C11H9IN2O2/c1-16-11(15)10-6-9(13-14-10)7-2-4-8(12)5-3-7/h2-6H,1H3,(H,13,14). The molecule has 82 valence electrons. The SMILES string of the molecule is COC(=O)c1cc(-c2ccc(I)cc2)n[nH]1. The molecule has 0 aliphatic heterocycles. The normalized spacial score (nSPS) is 10.1. The van der Waals surface area contributed by atoms with Crippen molar-refractivity contribution in [1.29, 1.82) is 0 Å². The van der Waals surface area contributed by atoms with Crippen molar-refractivity contribution in [1.82, 2.24) is 10.2 Å². The highest BCUT2D eigenvalue weighted by molar-refractivity contribution is 14.1. The molecule has 0 radical (unpaired) electrons. The van der Waals surface area contributed by atoms with Crippen LogP contribution in [-0.4, -0.2) is 23.3 Å². The molecule has 0 unspecified atom stereocenters. The fourth-order valence-corrected chi connectivity index (χ4v) is 1.66. The van der Waals surface area contributed by atoms with E-state index < -0.39 is 5.97 Å². The molecule has 1 aromatic carbocycles. The lowest BCUT2D eigenvalue weighted by Crippen LogP contribution is -2.00. The van der Waals surface area contributed by atoms with E-state index in [1.165, 1.54) is 7.11 Å². The fourth-order valence-electron chi connectivity index (χ4n) is 1.30. The monoisotopic (exact) mass is 328 g/mol. The summed E-state index contributed by atoms with van der Waals surface area (Å²) < 4.78 is 5.75. The third-order valence-electron chi connectivity index (χ3n) is 2.12. The van der Waals surface area contributed by atoms with Gasteiger partial charge in [-0.1, -0.05) is 12.1 Å². The van der Waals surface area contributed by atoms with E-state index >= 15 is 0 Å². The van der Waals surface area contributed by atoms with Gasteiger partial charge in [0.2, 0.25) is 0 Å². The number of aromatic amines is 1. The summed E-state index contributed by atoms with van der Waals surface area (Å²) in [5, 5.41) is 6.70. The van der Waals surface area contributed by atoms with Gasteiger partial charge >= 0.3 is 5.97 Å². The quantitative estimate of drug-likeness (QED) is 0.681. The molecule has 0 aliphatic rings. The van der Waals surface area contributed by atoms with Gasteiger partial charge in [-0.3, -0.25) is 5.10 Å². The molecule has 0 atom stereocenters. The maximum atomic E-state index is 11.2. The van der Waals surface area contributed by atoms with Gasteiger partial charge in [-0.2, -0.15) is 5.10 Å². The predicted molar refractivity (Wildman–Crippen MR) is 68.1 cm³/mol. The molecule has 5 heteroatoms. The number of nitrogens with zero attached hydrogens (tertiary/aromatic N) is 1. The van der Waals surface area contributed by atoms with Crippen LogP contribution in [0.2, 0.25) is 0 Å². The van der Waals surface area contributed by atoms with Crippen LogP contribution in [0, 0.1) is 3.57 Å². The highest BCUT2D eigenvalue weighted by Gasteiger charge is 2.10. The van der Waals surface area contributed by atoms with E-state index in [1.54, 1.807) is 6.07 Å². The summed E-state index contributed by atoms with van der Waals surface area (Å²) in [5.74, 6) is -0.413. The number of esters is 1. The summed E-state index contributed by atoms with van der Waals surface area (Å²) in [4.78, 5) is 11.2. The number of ether oxygens (including phenoxy) is 1. The van der Waals surface area contributed by atoms with Crippen LogP contribution in [0.3, 0.4) is 0 Å². The van der Waals surface area contributed by atoms with Gasteiger partial charge in [-0.05, 0) is 40.8 Å². The minimum Gasteiger partial charge on any atom is -0.464 e. The average Bonchev–Trinajstić information content (AvgIpc) is 2.78. The number of halogens is 1. The summed E-state index contributed by atoms with van der Waals surface area (Å²) >= 11 is 2.24. The number of benzene rings is 1. The van der Waals surface area contributed by atoms with Crippen LogP contribution >= 0.6 is 22.6 Å². The van der Waals surface area contributed by atoms with E-state index in [-0.39, 0.29) is 0 Å². The number of aromatic nitrogens is 2. The first kappa shape index (κ1) is 11.1. The van der Waals surface area contributed by atoms with Gasteiger partial charge in [0.1, 0.15) is 5.69 Å². The average molecular weight is 328 g/mol. The molecule has 0 spiro atoms. The topological polar surface area (TPSA) is 55.0 Å². The molecule has 0 amide bonds. The first-order chi connectivity index (χ1) is 7.70. The Labute approximate surface area is 106 Å². The summed E-state index contributed by atoms with van der Waals surface area (Å²) in [6, 6.07) is 9.57. The molecular weight excluding hydrogens is 319 g/mol.